The van der Waals surface area contributed by atoms with E-state index in [2.05, 4.69) is 22.4 Å². The smallest absolute Gasteiger partial charge is 0.107 e. The maximum Gasteiger partial charge on any atom is 0.107 e. The lowest BCUT2D eigenvalue weighted by atomic mass is 9.95. The first kappa shape index (κ1) is 9.22. The molecule has 0 bridgehead atoms. The number of rotatable bonds is 2. The normalized spacial score (nSPS) is 22.1. The molecule has 0 saturated heterocycles. The van der Waals surface area contributed by atoms with E-state index in [0.717, 1.165) is 18.1 Å². The first-order valence-electron chi connectivity index (χ1n) is 5.36. The maximum atomic E-state index is 6.03. The minimum atomic E-state index is 0.168. The summed E-state index contributed by atoms with van der Waals surface area (Å²) in [6.45, 7) is 1.90. The molecule has 0 atom stereocenters. The van der Waals surface area contributed by atoms with Crippen molar-refractivity contribution in [2.75, 3.05) is 13.1 Å². The van der Waals surface area contributed by atoms with E-state index < -0.39 is 0 Å². The highest BCUT2D eigenvalue weighted by Gasteiger charge is 2.49. The number of aliphatic imine (C=N–C) groups is 1. The largest absolute Gasteiger partial charge is 0.371 e. The molecule has 1 aliphatic heterocycles. The van der Waals surface area contributed by atoms with Gasteiger partial charge in [0.15, 0.2) is 0 Å². The van der Waals surface area contributed by atoms with Gasteiger partial charge in [-0.1, -0.05) is 23.7 Å². The molecule has 0 aromatic heterocycles. The van der Waals surface area contributed by atoms with Crippen LogP contribution >= 0.6 is 11.6 Å². The zero-order chi connectivity index (χ0) is 10.3. The Kier molecular flexibility index (Phi) is 1.99. The zero-order valence-corrected chi connectivity index (χ0v) is 9.22. The van der Waals surface area contributed by atoms with Crippen LogP contribution in [-0.4, -0.2) is 18.9 Å². The fraction of sp³-hybridized carbons (Fsp3) is 0.417. The maximum absolute atomic E-state index is 6.03. The molecular formula is C12H13ClN2. The Morgan fingerprint density at radius 1 is 1.33 bits per heavy atom. The molecule has 0 amide bonds. The number of nitrogens with one attached hydrogen (secondary N) is 1. The summed E-state index contributed by atoms with van der Waals surface area (Å²) in [5.74, 6) is 1.17. The van der Waals surface area contributed by atoms with Gasteiger partial charge >= 0.3 is 0 Å². The molecule has 1 aromatic carbocycles. The van der Waals surface area contributed by atoms with Gasteiger partial charge in [0, 0.05) is 11.6 Å². The van der Waals surface area contributed by atoms with Crippen LogP contribution in [0.2, 0.25) is 5.02 Å². The molecule has 1 heterocycles. The van der Waals surface area contributed by atoms with Gasteiger partial charge in [-0.3, -0.25) is 4.99 Å². The molecule has 2 aliphatic rings. The molecule has 1 N–H and O–H groups in total. The van der Waals surface area contributed by atoms with Crippen molar-refractivity contribution < 1.29 is 0 Å². The van der Waals surface area contributed by atoms with Gasteiger partial charge in [-0.25, -0.2) is 0 Å². The van der Waals surface area contributed by atoms with E-state index in [-0.39, 0.29) is 5.41 Å². The fourth-order valence-electron chi connectivity index (χ4n) is 2.29. The topological polar surface area (TPSA) is 24.4 Å². The van der Waals surface area contributed by atoms with Crippen LogP contribution in [0, 0.1) is 0 Å². The lowest BCUT2D eigenvalue weighted by Crippen LogP contribution is -2.31. The summed E-state index contributed by atoms with van der Waals surface area (Å²) in [6.07, 6.45) is 2.39. The van der Waals surface area contributed by atoms with E-state index in [1.165, 1.54) is 24.2 Å². The lowest BCUT2D eigenvalue weighted by Gasteiger charge is -2.16. The average Bonchev–Trinajstić information content (AvgIpc) is 2.87. The third-order valence-corrected chi connectivity index (χ3v) is 3.49. The SMILES string of the molecule is Clc1cccc(C2(C3=NCCN3)CC2)c1. The first-order chi connectivity index (χ1) is 7.31. The molecule has 78 valence electrons. The monoisotopic (exact) mass is 220 g/mol. The number of hydrogen-bond acceptors (Lipinski definition) is 2. The minimum absolute atomic E-state index is 0.168. The van der Waals surface area contributed by atoms with E-state index in [1.54, 1.807) is 0 Å². The molecule has 3 heteroatoms. The first-order valence-corrected chi connectivity index (χ1v) is 5.74. The predicted octanol–water partition coefficient (Wildman–Crippen LogP) is 2.37. The van der Waals surface area contributed by atoms with Crippen LogP contribution in [0.1, 0.15) is 18.4 Å². The van der Waals surface area contributed by atoms with Gasteiger partial charge in [0.05, 0.1) is 12.0 Å². The Morgan fingerprint density at radius 3 is 2.80 bits per heavy atom. The van der Waals surface area contributed by atoms with E-state index in [1.807, 2.05) is 12.1 Å². The van der Waals surface area contributed by atoms with Gasteiger partial charge in [-0.05, 0) is 30.5 Å². The molecule has 0 radical (unpaired) electrons. The summed E-state index contributed by atoms with van der Waals surface area (Å²) < 4.78 is 0. The van der Waals surface area contributed by atoms with Crippen molar-refractivity contribution in [1.29, 1.82) is 0 Å². The second-order valence-electron chi connectivity index (χ2n) is 4.25. The van der Waals surface area contributed by atoms with Crippen molar-refractivity contribution in [3.63, 3.8) is 0 Å². The second-order valence-corrected chi connectivity index (χ2v) is 4.69. The van der Waals surface area contributed by atoms with Gasteiger partial charge in [0.1, 0.15) is 5.84 Å². The van der Waals surface area contributed by atoms with E-state index in [9.17, 15) is 0 Å². The van der Waals surface area contributed by atoms with Crippen LogP contribution in [0.15, 0.2) is 29.3 Å². The minimum Gasteiger partial charge on any atom is -0.371 e. The van der Waals surface area contributed by atoms with Gasteiger partial charge in [-0.2, -0.15) is 0 Å². The van der Waals surface area contributed by atoms with Gasteiger partial charge in [-0.15, -0.1) is 0 Å². The molecule has 15 heavy (non-hydrogen) atoms. The van der Waals surface area contributed by atoms with Crippen LogP contribution in [-0.2, 0) is 5.41 Å². The third-order valence-electron chi connectivity index (χ3n) is 3.25. The van der Waals surface area contributed by atoms with Crippen molar-refractivity contribution in [1.82, 2.24) is 5.32 Å². The molecule has 1 aliphatic carbocycles. The van der Waals surface area contributed by atoms with Crippen molar-refractivity contribution in [3.05, 3.63) is 34.9 Å². The van der Waals surface area contributed by atoms with Crippen LogP contribution < -0.4 is 5.32 Å². The zero-order valence-electron chi connectivity index (χ0n) is 8.46. The summed E-state index contributed by atoms with van der Waals surface area (Å²) in [6, 6.07) is 8.16. The summed E-state index contributed by atoms with van der Waals surface area (Å²) >= 11 is 6.03. The predicted molar refractivity (Wildman–Crippen MR) is 62.7 cm³/mol. The highest BCUT2D eigenvalue weighted by molar-refractivity contribution is 6.30. The summed E-state index contributed by atoms with van der Waals surface area (Å²) in [7, 11) is 0. The van der Waals surface area contributed by atoms with E-state index in [4.69, 9.17) is 11.6 Å². The molecule has 0 spiro atoms. The van der Waals surface area contributed by atoms with Gasteiger partial charge < -0.3 is 5.32 Å². The quantitative estimate of drug-likeness (QED) is 0.813. The molecule has 1 saturated carbocycles. The Bertz CT molecular complexity index is 421. The second kappa shape index (κ2) is 3.24. The fourth-order valence-corrected chi connectivity index (χ4v) is 2.48. The Balaban J connectivity index is 1.99. The number of amidine groups is 1. The van der Waals surface area contributed by atoms with Crippen molar-refractivity contribution in [2.24, 2.45) is 4.99 Å². The average molecular weight is 221 g/mol. The summed E-state index contributed by atoms with van der Waals surface area (Å²) in [5, 5.41) is 4.20. The Hall–Kier alpha value is -1.02. The van der Waals surface area contributed by atoms with E-state index in [0.29, 0.717) is 0 Å². The van der Waals surface area contributed by atoms with Crippen LogP contribution in [0.5, 0.6) is 0 Å². The lowest BCUT2D eigenvalue weighted by molar-refractivity contribution is 0.880. The number of nitrogens with zero attached hydrogens (tertiary/aromatic N) is 1. The highest BCUT2D eigenvalue weighted by Crippen LogP contribution is 2.49. The number of benzene rings is 1. The highest BCUT2D eigenvalue weighted by atomic mass is 35.5. The number of halogens is 1. The van der Waals surface area contributed by atoms with Gasteiger partial charge in [0.25, 0.3) is 0 Å². The van der Waals surface area contributed by atoms with Gasteiger partial charge in [0.2, 0.25) is 0 Å². The molecular weight excluding hydrogens is 208 g/mol. The van der Waals surface area contributed by atoms with Crippen molar-refractivity contribution >= 4 is 17.4 Å². The molecule has 0 unspecified atom stereocenters. The Morgan fingerprint density at radius 2 is 2.20 bits per heavy atom. The van der Waals surface area contributed by atoms with Crippen molar-refractivity contribution in [2.45, 2.75) is 18.3 Å². The molecule has 3 rings (SSSR count). The molecule has 1 aromatic rings. The molecule has 1 fully saturated rings. The number of hydrogen-bond donors (Lipinski definition) is 1. The van der Waals surface area contributed by atoms with E-state index >= 15 is 0 Å². The van der Waals surface area contributed by atoms with Crippen LogP contribution in [0.3, 0.4) is 0 Å². The summed E-state index contributed by atoms with van der Waals surface area (Å²) in [4.78, 5) is 4.54. The summed E-state index contributed by atoms with van der Waals surface area (Å²) in [5.41, 5.74) is 1.48. The third kappa shape index (κ3) is 1.44. The Labute approximate surface area is 94.4 Å². The molecule has 2 nitrogen and oxygen atoms in total. The van der Waals surface area contributed by atoms with Crippen molar-refractivity contribution in [3.8, 4) is 0 Å². The van der Waals surface area contributed by atoms with Crippen LogP contribution in [0.4, 0.5) is 0 Å². The standard InChI is InChI=1S/C12H13ClN2/c13-10-3-1-2-9(8-10)12(4-5-12)11-14-6-7-15-11/h1-3,8H,4-7H2,(H,14,15). The van der Waals surface area contributed by atoms with Crippen LogP contribution in [0.25, 0.3) is 0 Å².